The second-order valence-electron chi connectivity index (χ2n) is 4.04. The largest absolute Gasteiger partial charge is 0.316 e. The lowest BCUT2D eigenvalue weighted by Gasteiger charge is -2.21. The Morgan fingerprint density at radius 3 is 3.20 bits per heavy atom. The molecule has 0 radical (unpaired) electrons. The van der Waals surface area contributed by atoms with Crippen LogP contribution in [-0.4, -0.2) is 23.9 Å². The average Bonchev–Trinajstić information content (AvgIpc) is 2.65. The molecule has 82 valence electrons. The first-order chi connectivity index (χ1) is 7.25. The van der Waals surface area contributed by atoms with Gasteiger partial charge in [-0.3, -0.25) is 4.79 Å². The molecule has 0 aliphatic carbocycles. The van der Waals surface area contributed by atoms with E-state index in [1.807, 2.05) is 12.3 Å². The zero-order chi connectivity index (χ0) is 10.7. The number of nitrogens with one attached hydrogen (secondary N) is 1. The molecule has 1 saturated heterocycles. The number of Topliss-reactive ketones (excluding diaryl/α,β-unsaturated/α-hetero) is 1. The molecular formula is C11H16N2OS. The van der Waals surface area contributed by atoms with Crippen LogP contribution in [0.2, 0.25) is 0 Å². The Morgan fingerprint density at radius 1 is 1.73 bits per heavy atom. The molecule has 1 N–H and O–H groups in total. The van der Waals surface area contributed by atoms with E-state index in [-0.39, 0.29) is 5.92 Å². The van der Waals surface area contributed by atoms with E-state index in [4.69, 9.17) is 0 Å². The number of aryl methyl sites for hydroxylation is 1. The second-order valence-corrected chi connectivity index (χ2v) is 5.11. The van der Waals surface area contributed by atoms with Crippen molar-refractivity contribution < 1.29 is 4.79 Å². The highest BCUT2D eigenvalue weighted by atomic mass is 32.1. The third kappa shape index (κ3) is 2.86. The van der Waals surface area contributed by atoms with Crippen LogP contribution in [-0.2, 0) is 11.2 Å². The van der Waals surface area contributed by atoms with E-state index in [9.17, 15) is 4.79 Å². The zero-order valence-corrected chi connectivity index (χ0v) is 9.77. The lowest BCUT2D eigenvalue weighted by atomic mass is 9.93. The molecule has 1 aliphatic heterocycles. The highest BCUT2D eigenvalue weighted by Crippen LogP contribution is 2.15. The molecule has 15 heavy (non-hydrogen) atoms. The lowest BCUT2D eigenvalue weighted by Crippen LogP contribution is -2.35. The minimum absolute atomic E-state index is 0.209. The number of thiazole rings is 1. The van der Waals surface area contributed by atoms with Gasteiger partial charge in [-0.25, -0.2) is 4.98 Å². The van der Waals surface area contributed by atoms with Gasteiger partial charge in [0.25, 0.3) is 0 Å². The summed E-state index contributed by atoms with van der Waals surface area (Å²) < 4.78 is 0. The molecule has 1 fully saturated rings. The van der Waals surface area contributed by atoms with Crippen molar-refractivity contribution in [3.05, 3.63) is 16.1 Å². The van der Waals surface area contributed by atoms with E-state index in [2.05, 4.69) is 10.3 Å². The van der Waals surface area contributed by atoms with Gasteiger partial charge in [0.1, 0.15) is 5.78 Å². The molecule has 1 atom stereocenters. The highest BCUT2D eigenvalue weighted by molar-refractivity contribution is 7.09. The Bertz CT molecular complexity index is 342. The van der Waals surface area contributed by atoms with E-state index in [0.717, 1.165) is 36.6 Å². The number of hydrogen-bond donors (Lipinski definition) is 1. The molecule has 0 saturated carbocycles. The molecule has 0 aromatic carbocycles. The summed E-state index contributed by atoms with van der Waals surface area (Å²) in [4.78, 5) is 16.2. The Labute approximate surface area is 93.9 Å². The lowest BCUT2D eigenvalue weighted by molar-refractivity contribution is -0.122. The van der Waals surface area contributed by atoms with Crippen molar-refractivity contribution in [1.29, 1.82) is 0 Å². The molecule has 0 spiro atoms. The predicted octanol–water partition coefficient (Wildman–Crippen LogP) is 1.56. The number of aromatic nitrogens is 1. The Kier molecular flexibility index (Phi) is 3.49. The first-order valence-electron chi connectivity index (χ1n) is 5.40. The number of rotatable bonds is 3. The molecular weight excluding hydrogens is 208 g/mol. The summed E-state index contributed by atoms with van der Waals surface area (Å²) in [5, 5.41) is 6.30. The quantitative estimate of drug-likeness (QED) is 0.847. The van der Waals surface area contributed by atoms with Gasteiger partial charge in [-0.1, -0.05) is 0 Å². The fourth-order valence-corrected chi connectivity index (χ4v) is 2.55. The van der Waals surface area contributed by atoms with E-state index >= 15 is 0 Å². The first kappa shape index (κ1) is 10.8. The summed E-state index contributed by atoms with van der Waals surface area (Å²) in [6, 6.07) is 0. The zero-order valence-electron chi connectivity index (χ0n) is 8.95. The van der Waals surface area contributed by atoms with Crippen LogP contribution in [0.15, 0.2) is 5.38 Å². The molecule has 2 heterocycles. The van der Waals surface area contributed by atoms with Crippen molar-refractivity contribution >= 4 is 17.1 Å². The summed E-state index contributed by atoms with van der Waals surface area (Å²) in [5.41, 5.74) is 0.938. The minimum atomic E-state index is 0.209. The first-order valence-corrected chi connectivity index (χ1v) is 6.28. The van der Waals surface area contributed by atoms with Gasteiger partial charge in [0.15, 0.2) is 0 Å². The maximum absolute atomic E-state index is 11.9. The van der Waals surface area contributed by atoms with Crippen molar-refractivity contribution in [1.82, 2.24) is 10.3 Å². The molecule has 0 amide bonds. The number of hydrogen-bond acceptors (Lipinski definition) is 4. The van der Waals surface area contributed by atoms with Crippen LogP contribution in [0.3, 0.4) is 0 Å². The van der Waals surface area contributed by atoms with Crippen molar-refractivity contribution in [2.75, 3.05) is 13.1 Å². The smallest absolute Gasteiger partial charge is 0.143 e. The third-order valence-corrected chi connectivity index (χ3v) is 3.60. The van der Waals surface area contributed by atoms with Crippen molar-refractivity contribution in [2.24, 2.45) is 5.92 Å². The molecule has 1 aromatic rings. The summed E-state index contributed by atoms with van der Waals surface area (Å²) in [5.74, 6) is 0.549. The molecule has 1 aliphatic rings. The van der Waals surface area contributed by atoms with Gasteiger partial charge in [0.2, 0.25) is 0 Å². The van der Waals surface area contributed by atoms with Gasteiger partial charge in [-0.05, 0) is 26.3 Å². The van der Waals surface area contributed by atoms with E-state index in [1.165, 1.54) is 0 Å². The molecule has 4 heteroatoms. The van der Waals surface area contributed by atoms with Crippen molar-refractivity contribution in [3.8, 4) is 0 Å². The Morgan fingerprint density at radius 2 is 2.60 bits per heavy atom. The topological polar surface area (TPSA) is 42.0 Å². The average molecular weight is 224 g/mol. The molecule has 1 aromatic heterocycles. The second kappa shape index (κ2) is 4.86. The minimum Gasteiger partial charge on any atom is -0.316 e. The van der Waals surface area contributed by atoms with Crippen molar-refractivity contribution in [2.45, 2.75) is 26.2 Å². The number of carbonyl (C=O) groups is 1. The summed E-state index contributed by atoms with van der Waals surface area (Å²) in [7, 11) is 0. The van der Waals surface area contributed by atoms with Gasteiger partial charge in [0, 0.05) is 24.3 Å². The fraction of sp³-hybridized carbons (Fsp3) is 0.636. The van der Waals surface area contributed by atoms with Gasteiger partial charge < -0.3 is 5.32 Å². The maximum Gasteiger partial charge on any atom is 0.143 e. The summed E-state index contributed by atoms with van der Waals surface area (Å²) in [6.45, 7) is 3.88. The van der Waals surface area contributed by atoms with E-state index in [1.54, 1.807) is 11.3 Å². The standard InChI is InChI=1S/C11H16N2OS/c1-8-13-10(7-15-8)5-11(14)9-3-2-4-12-6-9/h7,9,12H,2-6H2,1H3. The molecule has 2 rings (SSSR count). The fourth-order valence-electron chi connectivity index (χ4n) is 1.94. The summed E-state index contributed by atoms with van der Waals surface area (Å²) >= 11 is 1.61. The number of carbonyl (C=O) groups excluding carboxylic acids is 1. The molecule has 3 nitrogen and oxygen atoms in total. The van der Waals surface area contributed by atoms with Crippen LogP contribution in [0.25, 0.3) is 0 Å². The Hall–Kier alpha value is -0.740. The van der Waals surface area contributed by atoms with Crippen LogP contribution < -0.4 is 5.32 Å². The highest BCUT2D eigenvalue weighted by Gasteiger charge is 2.21. The number of ketones is 1. The van der Waals surface area contributed by atoms with E-state index in [0.29, 0.717) is 12.2 Å². The normalized spacial score (nSPS) is 21.5. The molecule has 1 unspecified atom stereocenters. The van der Waals surface area contributed by atoms with Gasteiger partial charge in [-0.2, -0.15) is 0 Å². The number of piperidine rings is 1. The van der Waals surface area contributed by atoms with Crippen LogP contribution in [0, 0.1) is 12.8 Å². The predicted molar refractivity (Wildman–Crippen MR) is 61.2 cm³/mol. The van der Waals surface area contributed by atoms with Gasteiger partial charge in [-0.15, -0.1) is 11.3 Å². The monoisotopic (exact) mass is 224 g/mol. The Balaban J connectivity index is 1.91. The van der Waals surface area contributed by atoms with Crippen molar-refractivity contribution in [3.63, 3.8) is 0 Å². The maximum atomic E-state index is 11.9. The third-order valence-electron chi connectivity index (χ3n) is 2.77. The molecule has 0 bridgehead atoms. The van der Waals surface area contributed by atoms with Crippen LogP contribution in [0.4, 0.5) is 0 Å². The van der Waals surface area contributed by atoms with Crippen LogP contribution >= 0.6 is 11.3 Å². The number of nitrogens with zero attached hydrogens (tertiary/aromatic N) is 1. The van der Waals surface area contributed by atoms with Gasteiger partial charge >= 0.3 is 0 Å². The summed E-state index contributed by atoms with van der Waals surface area (Å²) in [6.07, 6.45) is 2.66. The van der Waals surface area contributed by atoms with E-state index < -0.39 is 0 Å². The van der Waals surface area contributed by atoms with Crippen LogP contribution in [0.5, 0.6) is 0 Å². The van der Waals surface area contributed by atoms with Crippen LogP contribution in [0.1, 0.15) is 23.5 Å². The van der Waals surface area contributed by atoms with Gasteiger partial charge in [0.05, 0.1) is 10.7 Å². The SMILES string of the molecule is Cc1nc(CC(=O)C2CCCNC2)cs1.